The Bertz CT molecular complexity index is 356. The third kappa shape index (κ3) is 6.16. The lowest BCUT2D eigenvalue weighted by Crippen LogP contribution is -2.34. The van der Waals surface area contributed by atoms with Gasteiger partial charge in [-0.2, -0.15) is 11.8 Å². The Labute approximate surface area is 127 Å². The van der Waals surface area contributed by atoms with Crippen LogP contribution < -0.4 is 10.5 Å². The summed E-state index contributed by atoms with van der Waals surface area (Å²) in [5, 5.41) is 0. The van der Waals surface area contributed by atoms with E-state index in [4.69, 9.17) is 10.5 Å². The van der Waals surface area contributed by atoms with Crippen molar-refractivity contribution in [3.8, 4) is 5.75 Å². The summed E-state index contributed by atoms with van der Waals surface area (Å²) in [4.78, 5) is 2.44. The Morgan fingerprint density at radius 3 is 2.55 bits per heavy atom. The highest BCUT2D eigenvalue weighted by molar-refractivity contribution is 7.98. The van der Waals surface area contributed by atoms with Crippen molar-refractivity contribution in [3.63, 3.8) is 0 Å². The molecule has 20 heavy (non-hydrogen) atoms. The van der Waals surface area contributed by atoms with Crippen molar-refractivity contribution in [2.45, 2.75) is 32.4 Å². The number of thioether (sulfide) groups is 1. The maximum absolute atomic E-state index is 5.76. The van der Waals surface area contributed by atoms with Crippen LogP contribution in [0.2, 0.25) is 0 Å². The van der Waals surface area contributed by atoms with Crippen LogP contribution in [-0.2, 0) is 6.54 Å². The van der Waals surface area contributed by atoms with Gasteiger partial charge in [0.05, 0.1) is 6.61 Å². The van der Waals surface area contributed by atoms with Crippen molar-refractivity contribution in [3.05, 3.63) is 29.8 Å². The summed E-state index contributed by atoms with van der Waals surface area (Å²) < 4.78 is 5.76. The Kier molecular flexibility index (Phi) is 8.74. The average molecular weight is 296 g/mol. The summed E-state index contributed by atoms with van der Waals surface area (Å²) in [6, 6.07) is 8.71. The highest BCUT2D eigenvalue weighted by atomic mass is 32.2. The maximum Gasteiger partial charge on any atom is 0.119 e. The van der Waals surface area contributed by atoms with Gasteiger partial charge in [0.1, 0.15) is 5.75 Å². The Morgan fingerprint density at radius 2 is 2.00 bits per heavy atom. The van der Waals surface area contributed by atoms with Crippen LogP contribution in [0.3, 0.4) is 0 Å². The number of nitrogens with zero attached hydrogens (tertiary/aromatic N) is 1. The quantitative estimate of drug-likeness (QED) is 0.674. The number of benzene rings is 1. The molecule has 0 amide bonds. The van der Waals surface area contributed by atoms with Crippen molar-refractivity contribution >= 4 is 11.8 Å². The van der Waals surface area contributed by atoms with Gasteiger partial charge in [0, 0.05) is 24.9 Å². The molecule has 0 radical (unpaired) electrons. The predicted octanol–water partition coefficient (Wildman–Crippen LogP) is 2.99. The van der Waals surface area contributed by atoms with E-state index in [2.05, 4.69) is 25.1 Å². The summed E-state index contributed by atoms with van der Waals surface area (Å²) >= 11 is 1.92. The molecule has 0 fully saturated rings. The van der Waals surface area contributed by atoms with E-state index in [1.807, 2.05) is 36.0 Å². The smallest absolute Gasteiger partial charge is 0.119 e. The number of ether oxygens (including phenoxy) is 1. The van der Waals surface area contributed by atoms with E-state index in [0.717, 1.165) is 30.9 Å². The molecule has 1 atom stereocenters. The van der Waals surface area contributed by atoms with Crippen LogP contribution in [0.4, 0.5) is 0 Å². The van der Waals surface area contributed by atoms with Gasteiger partial charge < -0.3 is 15.4 Å². The van der Waals surface area contributed by atoms with Gasteiger partial charge >= 0.3 is 0 Å². The zero-order chi connectivity index (χ0) is 14.8. The second kappa shape index (κ2) is 10.1. The van der Waals surface area contributed by atoms with Gasteiger partial charge in [-0.1, -0.05) is 19.1 Å². The fourth-order valence-corrected chi connectivity index (χ4v) is 3.03. The topological polar surface area (TPSA) is 38.5 Å². The van der Waals surface area contributed by atoms with Crippen LogP contribution in [0.5, 0.6) is 5.75 Å². The van der Waals surface area contributed by atoms with E-state index < -0.39 is 0 Å². The first-order valence-corrected chi connectivity index (χ1v) is 8.71. The zero-order valence-corrected chi connectivity index (χ0v) is 13.8. The molecule has 0 saturated carbocycles. The monoisotopic (exact) mass is 296 g/mol. The first kappa shape index (κ1) is 17.3. The van der Waals surface area contributed by atoms with Crippen LogP contribution in [0.25, 0.3) is 0 Å². The predicted molar refractivity (Wildman–Crippen MR) is 89.5 cm³/mol. The molecule has 0 aliphatic rings. The van der Waals surface area contributed by atoms with Gasteiger partial charge in [-0.15, -0.1) is 0 Å². The Morgan fingerprint density at radius 1 is 1.30 bits per heavy atom. The van der Waals surface area contributed by atoms with E-state index in [0.29, 0.717) is 12.6 Å². The second-order valence-electron chi connectivity index (χ2n) is 5.05. The minimum atomic E-state index is 0.582. The minimum Gasteiger partial charge on any atom is -0.494 e. The summed E-state index contributed by atoms with van der Waals surface area (Å²) in [7, 11) is 2.21. The maximum atomic E-state index is 5.76. The molecule has 4 heteroatoms. The lowest BCUT2D eigenvalue weighted by Gasteiger charge is -2.26. The van der Waals surface area contributed by atoms with Gasteiger partial charge in [-0.05, 0) is 43.8 Å². The lowest BCUT2D eigenvalue weighted by molar-refractivity contribution is 0.223. The molecular formula is C16H28N2OS. The van der Waals surface area contributed by atoms with Gasteiger partial charge in [-0.25, -0.2) is 0 Å². The van der Waals surface area contributed by atoms with E-state index in [1.165, 1.54) is 12.2 Å². The normalized spacial score (nSPS) is 12.7. The van der Waals surface area contributed by atoms with Gasteiger partial charge in [0.15, 0.2) is 0 Å². The Hall–Kier alpha value is -0.710. The minimum absolute atomic E-state index is 0.582. The molecule has 2 N–H and O–H groups in total. The molecule has 1 unspecified atom stereocenters. The number of hydrogen-bond donors (Lipinski definition) is 1. The largest absolute Gasteiger partial charge is 0.494 e. The summed E-state index contributed by atoms with van der Waals surface area (Å²) in [5.74, 6) is 2.13. The highest BCUT2D eigenvalue weighted by Gasteiger charge is 2.11. The fourth-order valence-electron chi connectivity index (χ4n) is 2.16. The van der Waals surface area contributed by atoms with E-state index >= 15 is 0 Å². The van der Waals surface area contributed by atoms with Crippen molar-refractivity contribution in [2.24, 2.45) is 5.73 Å². The average Bonchev–Trinajstić information content (AvgIpc) is 2.49. The Balaban J connectivity index is 2.23. The van der Waals surface area contributed by atoms with Gasteiger partial charge in [0.2, 0.25) is 0 Å². The van der Waals surface area contributed by atoms with Gasteiger partial charge in [0.25, 0.3) is 0 Å². The lowest BCUT2D eigenvalue weighted by atomic mass is 10.2. The molecule has 3 nitrogen and oxygen atoms in total. The molecule has 0 aromatic heterocycles. The summed E-state index contributed by atoms with van der Waals surface area (Å²) in [6.45, 7) is 4.69. The van der Waals surface area contributed by atoms with Crippen LogP contribution in [0.1, 0.15) is 25.3 Å². The molecule has 1 aromatic carbocycles. The van der Waals surface area contributed by atoms with E-state index in [9.17, 15) is 0 Å². The first-order chi connectivity index (χ1) is 9.71. The summed E-state index contributed by atoms with van der Waals surface area (Å²) in [5.41, 5.74) is 6.71. The van der Waals surface area contributed by atoms with Crippen LogP contribution in [0, 0.1) is 0 Å². The molecule has 0 saturated heterocycles. The number of hydrogen-bond acceptors (Lipinski definition) is 4. The summed E-state index contributed by atoms with van der Waals surface area (Å²) in [6.07, 6.45) is 4.43. The third-order valence-corrected chi connectivity index (χ3v) is 4.25. The first-order valence-electron chi connectivity index (χ1n) is 7.32. The van der Waals surface area contributed by atoms with Gasteiger partial charge in [-0.3, -0.25) is 0 Å². The highest BCUT2D eigenvalue weighted by Crippen LogP contribution is 2.13. The molecular weight excluding hydrogens is 268 g/mol. The molecule has 0 aliphatic heterocycles. The number of nitrogens with two attached hydrogens (primary N) is 1. The van der Waals surface area contributed by atoms with E-state index in [-0.39, 0.29) is 0 Å². The molecule has 1 rings (SSSR count). The second-order valence-corrected chi connectivity index (χ2v) is 5.96. The molecule has 114 valence electrons. The standard InChI is InChI=1S/C16H28N2OS/c1-4-15(13-20-3)18(2)10-5-11-19-16-8-6-14(12-17)7-9-16/h6-9,15H,4-5,10-13,17H2,1-3H3. The third-order valence-electron chi connectivity index (χ3n) is 3.54. The van der Waals surface area contributed by atoms with Crippen LogP contribution in [0.15, 0.2) is 24.3 Å². The van der Waals surface area contributed by atoms with Crippen molar-refractivity contribution in [1.82, 2.24) is 4.90 Å². The zero-order valence-electron chi connectivity index (χ0n) is 13.0. The SMILES string of the molecule is CCC(CSC)N(C)CCCOc1ccc(CN)cc1. The molecule has 0 aliphatic carbocycles. The molecule has 1 aromatic rings. The van der Waals surface area contributed by atoms with E-state index in [1.54, 1.807) is 0 Å². The molecule has 0 spiro atoms. The van der Waals surface area contributed by atoms with Crippen LogP contribution >= 0.6 is 11.8 Å². The van der Waals surface area contributed by atoms with Crippen molar-refractivity contribution in [1.29, 1.82) is 0 Å². The fraction of sp³-hybridized carbons (Fsp3) is 0.625. The number of rotatable bonds is 10. The molecule has 0 bridgehead atoms. The van der Waals surface area contributed by atoms with Crippen LogP contribution in [-0.4, -0.2) is 43.1 Å². The molecule has 0 heterocycles. The van der Waals surface area contributed by atoms with Crippen molar-refractivity contribution in [2.75, 3.05) is 32.2 Å². The van der Waals surface area contributed by atoms with Crippen molar-refractivity contribution < 1.29 is 4.74 Å².